The Balaban J connectivity index is 1.86. The average molecular weight is 262 g/mol. The lowest BCUT2D eigenvalue weighted by Crippen LogP contribution is -2.02. The zero-order valence-electron chi connectivity index (χ0n) is 10.9. The summed E-state index contributed by atoms with van der Waals surface area (Å²) in [5.41, 5.74) is 1.99. The minimum atomic E-state index is 0.0946. The van der Waals surface area contributed by atoms with Gasteiger partial charge in [0.15, 0.2) is 0 Å². The Hall–Kier alpha value is -2.08. The molecule has 2 aromatic heterocycles. The van der Waals surface area contributed by atoms with Crippen molar-refractivity contribution in [3.05, 3.63) is 36.3 Å². The SMILES string of the molecule is CCOc1ccc(NCc2cnn(CCO)c2)cn1. The number of pyridine rings is 1. The highest BCUT2D eigenvalue weighted by Gasteiger charge is 1.99. The number of hydrogen-bond donors (Lipinski definition) is 2. The Kier molecular flexibility index (Phi) is 4.74. The first-order valence-corrected chi connectivity index (χ1v) is 6.26. The molecule has 0 aliphatic carbocycles. The molecular weight excluding hydrogens is 244 g/mol. The molecule has 0 saturated heterocycles. The van der Waals surface area contributed by atoms with Crippen molar-refractivity contribution in [3.63, 3.8) is 0 Å². The summed E-state index contributed by atoms with van der Waals surface area (Å²) >= 11 is 0. The van der Waals surface area contributed by atoms with E-state index < -0.39 is 0 Å². The van der Waals surface area contributed by atoms with E-state index in [4.69, 9.17) is 9.84 Å². The average Bonchev–Trinajstić information content (AvgIpc) is 2.87. The van der Waals surface area contributed by atoms with Crippen LogP contribution < -0.4 is 10.1 Å². The van der Waals surface area contributed by atoms with E-state index in [0.29, 0.717) is 25.6 Å². The van der Waals surface area contributed by atoms with Crippen LogP contribution in [-0.2, 0) is 13.1 Å². The number of hydrogen-bond acceptors (Lipinski definition) is 5. The third-order valence-electron chi connectivity index (χ3n) is 2.54. The molecule has 102 valence electrons. The molecule has 19 heavy (non-hydrogen) atoms. The first-order valence-electron chi connectivity index (χ1n) is 6.26. The molecule has 0 aromatic carbocycles. The predicted molar refractivity (Wildman–Crippen MR) is 72.0 cm³/mol. The molecule has 0 aliphatic rings. The Morgan fingerprint density at radius 2 is 2.26 bits per heavy atom. The van der Waals surface area contributed by atoms with E-state index in [2.05, 4.69) is 15.4 Å². The van der Waals surface area contributed by atoms with Gasteiger partial charge in [-0.25, -0.2) is 4.98 Å². The number of anilines is 1. The molecule has 2 heterocycles. The van der Waals surface area contributed by atoms with Crippen LogP contribution >= 0.6 is 0 Å². The van der Waals surface area contributed by atoms with Crippen LogP contribution in [0.3, 0.4) is 0 Å². The molecule has 0 amide bonds. The number of rotatable bonds is 7. The van der Waals surface area contributed by atoms with Gasteiger partial charge in [-0.05, 0) is 13.0 Å². The van der Waals surface area contributed by atoms with Crippen LogP contribution in [0.5, 0.6) is 5.88 Å². The fraction of sp³-hybridized carbons (Fsp3) is 0.385. The van der Waals surface area contributed by atoms with Gasteiger partial charge in [0.1, 0.15) is 0 Å². The van der Waals surface area contributed by atoms with Gasteiger partial charge in [-0.15, -0.1) is 0 Å². The van der Waals surface area contributed by atoms with E-state index >= 15 is 0 Å². The Bertz CT molecular complexity index is 496. The zero-order chi connectivity index (χ0) is 13.5. The molecule has 0 aliphatic heterocycles. The third kappa shape index (κ3) is 3.96. The molecule has 0 spiro atoms. The minimum Gasteiger partial charge on any atom is -0.478 e. The highest BCUT2D eigenvalue weighted by atomic mass is 16.5. The van der Waals surface area contributed by atoms with Crippen LogP contribution in [0.4, 0.5) is 5.69 Å². The summed E-state index contributed by atoms with van der Waals surface area (Å²) in [7, 11) is 0. The van der Waals surface area contributed by atoms with Gasteiger partial charge in [0.25, 0.3) is 0 Å². The van der Waals surface area contributed by atoms with Crippen LogP contribution in [0, 0.1) is 0 Å². The highest BCUT2D eigenvalue weighted by Crippen LogP contribution is 2.12. The summed E-state index contributed by atoms with van der Waals surface area (Å²) < 4.78 is 6.99. The first kappa shape index (κ1) is 13.4. The van der Waals surface area contributed by atoms with Crippen molar-refractivity contribution in [1.29, 1.82) is 0 Å². The second-order valence-corrected chi connectivity index (χ2v) is 4.01. The summed E-state index contributed by atoms with van der Waals surface area (Å²) in [4.78, 5) is 4.18. The van der Waals surface area contributed by atoms with Crippen LogP contribution in [-0.4, -0.2) is 33.1 Å². The van der Waals surface area contributed by atoms with Crippen molar-refractivity contribution in [1.82, 2.24) is 14.8 Å². The van der Waals surface area contributed by atoms with Crippen LogP contribution in [0.2, 0.25) is 0 Å². The van der Waals surface area contributed by atoms with Crippen molar-refractivity contribution in [2.75, 3.05) is 18.5 Å². The summed E-state index contributed by atoms with van der Waals surface area (Å²) in [6.45, 7) is 3.82. The van der Waals surface area contributed by atoms with Crippen LogP contribution in [0.1, 0.15) is 12.5 Å². The van der Waals surface area contributed by atoms with E-state index in [1.165, 1.54) is 0 Å². The summed E-state index contributed by atoms with van der Waals surface area (Å²) in [6.07, 6.45) is 5.43. The quantitative estimate of drug-likeness (QED) is 0.786. The molecule has 0 fully saturated rings. The number of aliphatic hydroxyl groups excluding tert-OH is 1. The fourth-order valence-corrected chi connectivity index (χ4v) is 1.64. The Morgan fingerprint density at radius 1 is 1.37 bits per heavy atom. The molecule has 2 N–H and O–H groups in total. The van der Waals surface area contributed by atoms with E-state index in [1.807, 2.05) is 25.3 Å². The molecular formula is C13H18N4O2. The highest BCUT2D eigenvalue weighted by molar-refractivity contribution is 5.42. The maximum Gasteiger partial charge on any atom is 0.213 e. The molecule has 0 bridgehead atoms. The van der Waals surface area contributed by atoms with Crippen LogP contribution in [0.25, 0.3) is 0 Å². The number of nitrogens with one attached hydrogen (secondary N) is 1. The molecule has 6 nitrogen and oxygen atoms in total. The van der Waals surface area contributed by atoms with E-state index in [-0.39, 0.29) is 6.61 Å². The van der Waals surface area contributed by atoms with E-state index in [1.54, 1.807) is 17.1 Å². The summed E-state index contributed by atoms with van der Waals surface area (Å²) in [6, 6.07) is 3.76. The molecule has 0 radical (unpaired) electrons. The Morgan fingerprint density at radius 3 is 2.95 bits per heavy atom. The van der Waals surface area contributed by atoms with Gasteiger partial charge in [-0.3, -0.25) is 4.68 Å². The fourth-order valence-electron chi connectivity index (χ4n) is 1.64. The van der Waals surface area contributed by atoms with Crippen molar-refractivity contribution >= 4 is 5.69 Å². The van der Waals surface area contributed by atoms with Gasteiger partial charge in [-0.2, -0.15) is 5.10 Å². The first-order chi connectivity index (χ1) is 9.31. The lowest BCUT2D eigenvalue weighted by atomic mass is 10.3. The van der Waals surface area contributed by atoms with Gasteiger partial charge < -0.3 is 15.2 Å². The minimum absolute atomic E-state index is 0.0946. The van der Waals surface area contributed by atoms with Gasteiger partial charge >= 0.3 is 0 Å². The van der Waals surface area contributed by atoms with Gasteiger partial charge in [0.2, 0.25) is 5.88 Å². The van der Waals surface area contributed by atoms with Crippen molar-refractivity contribution in [2.24, 2.45) is 0 Å². The monoisotopic (exact) mass is 262 g/mol. The lowest BCUT2D eigenvalue weighted by molar-refractivity contribution is 0.269. The normalized spacial score (nSPS) is 10.4. The lowest BCUT2D eigenvalue weighted by Gasteiger charge is -2.06. The van der Waals surface area contributed by atoms with Gasteiger partial charge in [0, 0.05) is 24.4 Å². The second kappa shape index (κ2) is 6.75. The molecule has 2 rings (SSSR count). The zero-order valence-corrected chi connectivity index (χ0v) is 10.9. The van der Waals surface area contributed by atoms with Gasteiger partial charge in [0.05, 0.1) is 37.8 Å². The van der Waals surface area contributed by atoms with E-state index in [0.717, 1.165) is 11.3 Å². The number of aliphatic hydroxyl groups is 1. The van der Waals surface area contributed by atoms with Crippen molar-refractivity contribution in [3.8, 4) is 5.88 Å². The molecule has 0 saturated carbocycles. The second-order valence-electron chi connectivity index (χ2n) is 4.01. The maximum atomic E-state index is 8.81. The third-order valence-corrected chi connectivity index (χ3v) is 2.54. The van der Waals surface area contributed by atoms with E-state index in [9.17, 15) is 0 Å². The molecule has 6 heteroatoms. The standard InChI is InChI=1S/C13H18N4O2/c1-2-19-13-4-3-12(9-15-13)14-7-11-8-16-17(10-11)5-6-18/h3-4,8-10,14,18H,2,5-7H2,1H3. The molecule has 0 unspecified atom stereocenters. The number of aromatic nitrogens is 3. The summed E-state index contributed by atoms with van der Waals surface area (Å²) in [5, 5.41) is 16.2. The largest absolute Gasteiger partial charge is 0.478 e. The summed E-state index contributed by atoms with van der Waals surface area (Å²) in [5.74, 6) is 0.629. The maximum absolute atomic E-state index is 8.81. The Labute approximate surface area is 112 Å². The topological polar surface area (TPSA) is 72.2 Å². The predicted octanol–water partition coefficient (Wildman–Crippen LogP) is 1.28. The van der Waals surface area contributed by atoms with Gasteiger partial charge in [-0.1, -0.05) is 0 Å². The number of ether oxygens (including phenoxy) is 1. The smallest absolute Gasteiger partial charge is 0.213 e. The number of nitrogens with zero attached hydrogens (tertiary/aromatic N) is 3. The van der Waals surface area contributed by atoms with Crippen LogP contribution in [0.15, 0.2) is 30.7 Å². The molecule has 2 aromatic rings. The molecule has 0 atom stereocenters. The van der Waals surface area contributed by atoms with Crippen molar-refractivity contribution in [2.45, 2.75) is 20.0 Å². The van der Waals surface area contributed by atoms with Crippen molar-refractivity contribution < 1.29 is 9.84 Å².